The Hall–Kier alpha value is -0.260. The zero-order chi connectivity index (χ0) is 13.5. The third-order valence-corrected chi connectivity index (χ3v) is 4.85. The number of amides is 1. The maximum Gasteiger partial charge on any atom is 0.240 e. The average molecular weight is 274 g/mol. The van der Waals surface area contributed by atoms with E-state index in [1.807, 2.05) is 23.6 Å². The predicted octanol–water partition coefficient (Wildman–Crippen LogP) is 1.34. The van der Waals surface area contributed by atoms with E-state index < -0.39 is 0 Å². The van der Waals surface area contributed by atoms with E-state index in [0.29, 0.717) is 19.2 Å². The lowest BCUT2D eigenvalue weighted by molar-refractivity contribution is -0.136. The second kappa shape index (κ2) is 8.02. The van der Waals surface area contributed by atoms with Crippen molar-refractivity contribution in [2.24, 2.45) is 11.7 Å². The van der Waals surface area contributed by atoms with Gasteiger partial charge in [0.05, 0.1) is 12.6 Å². The third-order valence-electron chi connectivity index (χ3n) is 3.71. The SMILES string of the molecule is CCC(C)C(N)C(=O)N(CCOC)C1CCSC1. The second-order valence-corrected chi connectivity index (χ2v) is 6.10. The summed E-state index contributed by atoms with van der Waals surface area (Å²) < 4.78 is 5.11. The van der Waals surface area contributed by atoms with Crippen molar-refractivity contribution < 1.29 is 9.53 Å². The zero-order valence-electron chi connectivity index (χ0n) is 11.7. The Morgan fingerprint density at radius 1 is 1.61 bits per heavy atom. The van der Waals surface area contributed by atoms with E-state index in [9.17, 15) is 4.79 Å². The Morgan fingerprint density at radius 2 is 2.33 bits per heavy atom. The predicted molar refractivity (Wildman–Crippen MR) is 76.7 cm³/mol. The number of hydrogen-bond acceptors (Lipinski definition) is 4. The molecule has 1 fully saturated rings. The summed E-state index contributed by atoms with van der Waals surface area (Å²) in [5.41, 5.74) is 6.07. The summed E-state index contributed by atoms with van der Waals surface area (Å²) in [6, 6.07) is -0.0368. The summed E-state index contributed by atoms with van der Waals surface area (Å²) in [7, 11) is 1.67. The number of ether oxygens (including phenoxy) is 1. The molecule has 1 rings (SSSR count). The van der Waals surface area contributed by atoms with Gasteiger partial charge in [-0.05, 0) is 18.1 Å². The lowest BCUT2D eigenvalue weighted by Gasteiger charge is -2.32. The molecule has 0 aromatic rings. The standard InChI is InChI=1S/C13H26N2O2S/c1-4-10(2)12(14)13(16)15(6-7-17-3)11-5-8-18-9-11/h10-12H,4-9,14H2,1-3H3. The molecule has 0 aromatic carbocycles. The molecule has 4 nitrogen and oxygen atoms in total. The first kappa shape index (κ1) is 15.8. The molecule has 2 N–H and O–H groups in total. The number of thioether (sulfide) groups is 1. The lowest BCUT2D eigenvalue weighted by Crippen LogP contribution is -2.52. The van der Waals surface area contributed by atoms with Crippen LogP contribution in [-0.2, 0) is 9.53 Å². The highest BCUT2D eigenvalue weighted by molar-refractivity contribution is 7.99. The van der Waals surface area contributed by atoms with Crippen LogP contribution in [0.4, 0.5) is 0 Å². The molecule has 0 saturated carbocycles. The molecule has 106 valence electrons. The highest BCUT2D eigenvalue weighted by atomic mass is 32.2. The van der Waals surface area contributed by atoms with E-state index in [2.05, 4.69) is 6.92 Å². The molecule has 0 radical (unpaired) electrons. The van der Waals surface area contributed by atoms with E-state index in [-0.39, 0.29) is 17.9 Å². The number of nitrogens with zero attached hydrogens (tertiary/aromatic N) is 1. The molecule has 18 heavy (non-hydrogen) atoms. The average Bonchev–Trinajstić information content (AvgIpc) is 2.91. The molecule has 1 amide bonds. The zero-order valence-corrected chi connectivity index (χ0v) is 12.5. The summed E-state index contributed by atoms with van der Waals surface area (Å²) in [5.74, 6) is 2.49. The molecular formula is C13H26N2O2S. The first-order valence-electron chi connectivity index (χ1n) is 6.74. The van der Waals surface area contributed by atoms with Gasteiger partial charge in [0.25, 0.3) is 0 Å². The number of rotatable bonds is 7. The molecule has 3 unspecified atom stereocenters. The van der Waals surface area contributed by atoms with Crippen LogP contribution in [0.2, 0.25) is 0 Å². The summed E-state index contributed by atoms with van der Waals surface area (Å²) in [4.78, 5) is 14.4. The van der Waals surface area contributed by atoms with Gasteiger partial charge in [0.1, 0.15) is 0 Å². The van der Waals surface area contributed by atoms with Gasteiger partial charge < -0.3 is 15.4 Å². The monoisotopic (exact) mass is 274 g/mol. The summed E-state index contributed by atoms with van der Waals surface area (Å²) in [6.45, 7) is 5.36. The number of carbonyl (C=O) groups is 1. The van der Waals surface area contributed by atoms with Gasteiger partial charge in [0.15, 0.2) is 0 Å². The van der Waals surface area contributed by atoms with Gasteiger partial charge in [-0.15, -0.1) is 0 Å². The fourth-order valence-corrected chi connectivity index (χ4v) is 3.34. The molecule has 1 saturated heterocycles. The Kier molecular flexibility index (Phi) is 7.04. The van der Waals surface area contributed by atoms with Crippen LogP contribution in [-0.4, -0.2) is 54.7 Å². The van der Waals surface area contributed by atoms with Crippen molar-refractivity contribution in [2.75, 3.05) is 31.8 Å². The largest absolute Gasteiger partial charge is 0.383 e. The molecule has 5 heteroatoms. The Bertz CT molecular complexity index is 257. The van der Waals surface area contributed by atoms with Crippen LogP contribution in [0.3, 0.4) is 0 Å². The molecule has 0 spiro atoms. The van der Waals surface area contributed by atoms with E-state index in [1.165, 1.54) is 0 Å². The van der Waals surface area contributed by atoms with Gasteiger partial charge in [-0.1, -0.05) is 20.3 Å². The number of methoxy groups -OCH3 is 1. The minimum absolute atomic E-state index is 0.0916. The molecular weight excluding hydrogens is 248 g/mol. The van der Waals surface area contributed by atoms with Crippen molar-refractivity contribution in [1.29, 1.82) is 0 Å². The first-order chi connectivity index (χ1) is 8.61. The molecule has 0 aromatic heterocycles. The molecule has 1 heterocycles. The van der Waals surface area contributed by atoms with Crippen molar-refractivity contribution >= 4 is 17.7 Å². The minimum Gasteiger partial charge on any atom is -0.383 e. The highest BCUT2D eigenvalue weighted by Gasteiger charge is 2.31. The van der Waals surface area contributed by atoms with Crippen molar-refractivity contribution in [1.82, 2.24) is 4.90 Å². The number of nitrogens with two attached hydrogens (primary N) is 1. The van der Waals surface area contributed by atoms with E-state index in [4.69, 9.17) is 10.5 Å². The maximum atomic E-state index is 12.5. The van der Waals surface area contributed by atoms with Gasteiger partial charge in [-0.2, -0.15) is 11.8 Å². The molecule has 0 aliphatic carbocycles. The van der Waals surface area contributed by atoms with Crippen molar-refractivity contribution in [3.63, 3.8) is 0 Å². The summed E-state index contributed by atoms with van der Waals surface area (Å²) in [6.07, 6.45) is 2.01. The van der Waals surface area contributed by atoms with Gasteiger partial charge in [-0.3, -0.25) is 4.79 Å². The summed E-state index contributed by atoms with van der Waals surface area (Å²) in [5, 5.41) is 0. The first-order valence-corrected chi connectivity index (χ1v) is 7.90. The quantitative estimate of drug-likeness (QED) is 0.761. The van der Waals surface area contributed by atoms with Crippen LogP contribution in [0.1, 0.15) is 26.7 Å². The van der Waals surface area contributed by atoms with Crippen LogP contribution in [0.15, 0.2) is 0 Å². The fraction of sp³-hybridized carbons (Fsp3) is 0.923. The van der Waals surface area contributed by atoms with Crippen LogP contribution in [0, 0.1) is 5.92 Å². The van der Waals surface area contributed by atoms with Crippen molar-refractivity contribution in [3.05, 3.63) is 0 Å². The van der Waals surface area contributed by atoms with E-state index in [0.717, 1.165) is 24.3 Å². The van der Waals surface area contributed by atoms with Crippen LogP contribution in [0.25, 0.3) is 0 Å². The Morgan fingerprint density at radius 3 is 2.83 bits per heavy atom. The van der Waals surface area contributed by atoms with Gasteiger partial charge in [0, 0.05) is 25.4 Å². The van der Waals surface area contributed by atoms with Crippen LogP contribution in [0.5, 0.6) is 0 Å². The Balaban J connectivity index is 2.65. The van der Waals surface area contributed by atoms with Crippen molar-refractivity contribution in [2.45, 2.75) is 38.8 Å². The lowest BCUT2D eigenvalue weighted by atomic mass is 9.98. The van der Waals surface area contributed by atoms with Gasteiger partial charge in [0.2, 0.25) is 5.91 Å². The van der Waals surface area contributed by atoms with Gasteiger partial charge in [-0.25, -0.2) is 0 Å². The van der Waals surface area contributed by atoms with Crippen LogP contribution < -0.4 is 5.73 Å². The topological polar surface area (TPSA) is 55.6 Å². The highest BCUT2D eigenvalue weighted by Crippen LogP contribution is 2.23. The van der Waals surface area contributed by atoms with E-state index in [1.54, 1.807) is 7.11 Å². The van der Waals surface area contributed by atoms with Crippen molar-refractivity contribution in [3.8, 4) is 0 Å². The summed E-state index contributed by atoms with van der Waals surface area (Å²) >= 11 is 1.91. The fourth-order valence-electron chi connectivity index (χ4n) is 2.12. The Labute approximate surface area is 115 Å². The smallest absolute Gasteiger partial charge is 0.240 e. The maximum absolute atomic E-state index is 12.5. The normalized spacial score (nSPS) is 22.8. The number of hydrogen-bond donors (Lipinski definition) is 1. The number of carbonyl (C=O) groups excluding carboxylic acids is 1. The molecule has 1 aliphatic rings. The van der Waals surface area contributed by atoms with Gasteiger partial charge >= 0.3 is 0 Å². The third kappa shape index (κ3) is 4.14. The second-order valence-electron chi connectivity index (χ2n) is 4.95. The minimum atomic E-state index is -0.377. The van der Waals surface area contributed by atoms with Crippen LogP contribution >= 0.6 is 11.8 Å². The molecule has 1 aliphatic heterocycles. The molecule has 3 atom stereocenters. The van der Waals surface area contributed by atoms with E-state index >= 15 is 0 Å². The molecule has 0 bridgehead atoms.